The molecule has 20 heavy (non-hydrogen) atoms. The molecule has 1 aromatic rings. The van der Waals surface area contributed by atoms with E-state index in [2.05, 4.69) is 4.74 Å². The molecule has 1 saturated heterocycles. The van der Waals surface area contributed by atoms with Crippen molar-refractivity contribution in [1.29, 1.82) is 0 Å². The molecule has 0 radical (unpaired) electrons. The SMILES string of the molecule is CC(CN)c1ccc(OC(F)F)c(OC2CCOC2)c1. The zero-order valence-electron chi connectivity index (χ0n) is 11.4. The van der Waals surface area contributed by atoms with Crippen molar-refractivity contribution in [1.82, 2.24) is 0 Å². The molecular weight excluding hydrogens is 268 g/mol. The summed E-state index contributed by atoms with van der Waals surface area (Å²) in [4.78, 5) is 0. The van der Waals surface area contributed by atoms with Crippen LogP contribution in [0.3, 0.4) is 0 Å². The van der Waals surface area contributed by atoms with Crippen molar-refractivity contribution in [2.45, 2.75) is 32.0 Å². The molecule has 1 heterocycles. The van der Waals surface area contributed by atoms with Gasteiger partial charge in [0.05, 0.1) is 13.2 Å². The van der Waals surface area contributed by atoms with Crippen molar-refractivity contribution in [3.05, 3.63) is 23.8 Å². The molecule has 6 heteroatoms. The van der Waals surface area contributed by atoms with Crippen LogP contribution < -0.4 is 15.2 Å². The van der Waals surface area contributed by atoms with Crippen LogP contribution in [0.5, 0.6) is 11.5 Å². The third-order valence-electron chi connectivity index (χ3n) is 3.29. The lowest BCUT2D eigenvalue weighted by atomic mass is 10.0. The lowest BCUT2D eigenvalue weighted by molar-refractivity contribution is -0.0521. The molecule has 0 amide bonds. The van der Waals surface area contributed by atoms with Crippen molar-refractivity contribution in [3.8, 4) is 11.5 Å². The van der Waals surface area contributed by atoms with Gasteiger partial charge in [-0.3, -0.25) is 0 Å². The van der Waals surface area contributed by atoms with Crippen molar-refractivity contribution in [2.75, 3.05) is 19.8 Å². The van der Waals surface area contributed by atoms with Crippen LogP contribution in [-0.2, 0) is 4.74 Å². The minimum absolute atomic E-state index is 0.0415. The van der Waals surface area contributed by atoms with Gasteiger partial charge in [0.15, 0.2) is 11.5 Å². The van der Waals surface area contributed by atoms with E-state index >= 15 is 0 Å². The Morgan fingerprint density at radius 1 is 1.40 bits per heavy atom. The van der Waals surface area contributed by atoms with Crippen LogP contribution in [-0.4, -0.2) is 32.5 Å². The highest BCUT2D eigenvalue weighted by molar-refractivity contribution is 5.44. The summed E-state index contributed by atoms with van der Waals surface area (Å²) in [5, 5.41) is 0. The predicted molar refractivity (Wildman–Crippen MR) is 70.4 cm³/mol. The van der Waals surface area contributed by atoms with Gasteiger partial charge in [0.2, 0.25) is 0 Å². The lowest BCUT2D eigenvalue weighted by Crippen LogP contribution is -2.17. The van der Waals surface area contributed by atoms with Gasteiger partial charge in [0, 0.05) is 6.42 Å². The number of benzene rings is 1. The summed E-state index contributed by atoms with van der Waals surface area (Å²) in [5.74, 6) is 0.483. The zero-order valence-corrected chi connectivity index (χ0v) is 11.4. The van der Waals surface area contributed by atoms with E-state index in [9.17, 15) is 8.78 Å². The third-order valence-corrected chi connectivity index (χ3v) is 3.29. The molecule has 2 rings (SSSR count). The molecule has 1 aliphatic rings. The van der Waals surface area contributed by atoms with Crippen molar-refractivity contribution >= 4 is 0 Å². The number of ether oxygens (including phenoxy) is 3. The van der Waals surface area contributed by atoms with Crippen molar-refractivity contribution < 1.29 is 23.0 Å². The molecule has 0 spiro atoms. The van der Waals surface area contributed by atoms with Gasteiger partial charge >= 0.3 is 6.61 Å². The molecule has 4 nitrogen and oxygen atoms in total. The molecule has 1 aliphatic heterocycles. The Hall–Kier alpha value is -1.40. The van der Waals surface area contributed by atoms with Crippen LogP contribution in [0, 0.1) is 0 Å². The number of nitrogens with two attached hydrogens (primary N) is 1. The van der Waals surface area contributed by atoms with Crippen LogP contribution in [0.2, 0.25) is 0 Å². The summed E-state index contributed by atoms with van der Waals surface area (Å²) < 4.78 is 40.3. The van der Waals surface area contributed by atoms with Crippen LogP contribution in [0.1, 0.15) is 24.8 Å². The number of halogens is 2. The van der Waals surface area contributed by atoms with Crippen LogP contribution in [0.4, 0.5) is 8.78 Å². The highest BCUT2D eigenvalue weighted by Crippen LogP contribution is 2.33. The molecule has 2 atom stereocenters. The van der Waals surface area contributed by atoms with Gasteiger partial charge in [-0.25, -0.2) is 0 Å². The van der Waals surface area contributed by atoms with Gasteiger partial charge < -0.3 is 19.9 Å². The summed E-state index contributed by atoms with van der Waals surface area (Å²) in [6.45, 7) is 0.640. The summed E-state index contributed by atoms with van der Waals surface area (Å²) in [6.07, 6.45) is 0.614. The monoisotopic (exact) mass is 287 g/mol. The Kier molecular flexibility index (Phi) is 5.14. The molecule has 2 unspecified atom stereocenters. The first-order valence-electron chi connectivity index (χ1n) is 6.63. The Bertz CT molecular complexity index is 436. The van der Waals surface area contributed by atoms with Gasteiger partial charge in [0.25, 0.3) is 0 Å². The van der Waals surface area contributed by atoms with Crippen molar-refractivity contribution in [2.24, 2.45) is 5.73 Å². The zero-order chi connectivity index (χ0) is 14.5. The molecule has 2 N–H and O–H groups in total. The summed E-state index contributed by atoms with van der Waals surface area (Å²) in [5.41, 5.74) is 6.56. The van der Waals surface area contributed by atoms with E-state index in [-0.39, 0.29) is 17.8 Å². The second-order valence-electron chi connectivity index (χ2n) is 4.82. The second-order valence-corrected chi connectivity index (χ2v) is 4.82. The minimum Gasteiger partial charge on any atom is -0.484 e. The molecule has 0 aromatic heterocycles. The number of rotatable bonds is 6. The Balaban J connectivity index is 2.21. The average molecular weight is 287 g/mol. The quantitative estimate of drug-likeness (QED) is 0.873. The fourth-order valence-corrected chi connectivity index (χ4v) is 2.04. The maximum atomic E-state index is 12.4. The van der Waals surface area contributed by atoms with Crippen LogP contribution in [0.25, 0.3) is 0 Å². The minimum atomic E-state index is -2.88. The predicted octanol–water partition coefficient (Wildman–Crippen LogP) is 2.52. The number of hydrogen-bond donors (Lipinski definition) is 1. The number of hydrogen-bond acceptors (Lipinski definition) is 4. The van der Waals surface area contributed by atoms with E-state index in [1.54, 1.807) is 12.1 Å². The number of alkyl halides is 2. The average Bonchev–Trinajstić information content (AvgIpc) is 2.92. The second kappa shape index (κ2) is 6.85. The summed E-state index contributed by atoms with van der Waals surface area (Å²) in [7, 11) is 0. The molecule has 1 aromatic carbocycles. The van der Waals surface area contributed by atoms with E-state index in [1.165, 1.54) is 6.07 Å². The highest BCUT2D eigenvalue weighted by atomic mass is 19.3. The van der Waals surface area contributed by atoms with E-state index < -0.39 is 6.61 Å². The van der Waals surface area contributed by atoms with E-state index in [0.717, 1.165) is 12.0 Å². The van der Waals surface area contributed by atoms with E-state index in [0.29, 0.717) is 25.5 Å². The fourth-order valence-electron chi connectivity index (χ4n) is 2.04. The van der Waals surface area contributed by atoms with Gasteiger partial charge in [-0.1, -0.05) is 13.0 Å². The maximum absolute atomic E-state index is 12.4. The first-order chi connectivity index (χ1) is 9.60. The summed E-state index contributed by atoms with van der Waals surface area (Å²) >= 11 is 0. The Labute approximate surface area is 116 Å². The van der Waals surface area contributed by atoms with Crippen LogP contribution >= 0.6 is 0 Å². The first-order valence-corrected chi connectivity index (χ1v) is 6.63. The maximum Gasteiger partial charge on any atom is 0.387 e. The van der Waals surface area contributed by atoms with Crippen LogP contribution in [0.15, 0.2) is 18.2 Å². The molecular formula is C14H19F2NO3. The molecule has 0 bridgehead atoms. The smallest absolute Gasteiger partial charge is 0.387 e. The van der Waals surface area contributed by atoms with Gasteiger partial charge in [0.1, 0.15) is 6.10 Å². The first kappa shape index (κ1) is 15.0. The van der Waals surface area contributed by atoms with Gasteiger partial charge in [-0.2, -0.15) is 8.78 Å². The highest BCUT2D eigenvalue weighted by Gasteiger charge is 2.21. The molecule has 112 valence electrons. The topological polar surface area (TPSA) is 53.7 Å². The molecule has 1 fully saturated rings. The van der Waals surface area contributed by atoms with E-state index in [4.69, 9.17) is 15.2 Å². The fraction of sp³-hybridized carbons (Fsp3) is 0.571. The largest absolute Gasteiger partial charge is 0.484 e. The van der Waals surface area contributed by atoms with Gasteiger partial charge in [-0.15, -0.1) is 0 Å². The summed E-state index contributed by atoms with van der Waals surface area (Å²) in [6, 6.07) is 4.94. The normalized spacial score (nSPS) is 20.1. The molecule has 0 saturated carbocycles. The van der Waals surface area contributed by atoms with Crippen molar-refractivity contribution in [3.63, 3.8) is 0 Å². The lowest BCUT2D eigenvalue weighted by Gasteiger charge is -2.18. The Morgan fingerprint density at radius 3 is 2.80 bits per heavy atom. The third kappa shape index (κ3) is 3.80. The Morgan fingerprint density at radius 2 is 2.20 bits per heavy atom. The van der Waals surface area contributed by atoms with E-state index in [1.807, 2.05) is 6.92 Å². The van der Waals surface area contributed by atoms with Gasteiger partial charge in [-0.05, 0) is 30.2 Å². The molecule has 0 aliphatic carbocycles. The standard InChI is InChI=1S/C14H19F2NO3/c1-9(7-17)10-2-3-12(20-14(15)16)13(6-10)19-11-4-5-18-8-11/h2-3,6,9,11,14H,4-5,7-8,17H2,1H3.